The molecule has 32 heavy (non-hydrogen) atoms. The SMILES string of the molecule is CN=C(NC#N)NCCSCc1nc[nH]c1C.O=C(O)/C=C/S(=O)(=O)c1ccc(Cl)cc1. The number of carboxylic acids is 1. The van der Waals surface area contributed by atoms with E-state index in [-0.39, 0.29) is 4.90 Å². The molecular weight excluding hydrogens is 476 g/mol. The highest BCUT2D eigenvalue weighted by Crippen LogP contribution is 2.16. The first-order valence-corrected chi connectivity index (χ1v) is 12.1. The van der Waals surface area contributed by atoms with Gasteiger partial charge in [-0.15, -0.1) is 0 Å². The van der Waals surface area contributed by atoms with Crippen LogP contribution < -0.4 is 10.6 Å². The summed E-state index contributed by atoms with van der Waals surface area (Å²) in [6, 6.07) is 5.46. The van der Waals surface area contributed by atoms with Gasteiger partial charge in [-0.1, -0.05) is 11.6 Å². The molecule has 2 aromatic rings. The number of carbonyl (C=O) groups is 1. The summed E-state index contributed by atoms with van der Waals surface area (Å²) in [5.74, 6) is 1.01. The average molecular weight is 499 g/mol. The van der Waals surface area contributed by atoms with Crippen LogP contribution in [0.5, 0.6) is 0 Å². The lowest BCUT2D eigenvalue weighted by atomic mass is 10.4. The second kappa shape index (κ2) is 14.1. The molecule has 172 valence electrons. The maximum Gasteiger partial charge on any atom is 0.329 e. The largest absolute Gasteiger partial charge is 0.478 e. The van der Waals surface area contributed by atoms with Gasteiger partial charge >= 0.3 is 5.97 Å². The molecule has 0 aliphatic heterocycles. The van der Waals surface area contributed by atoms with E-state index in [1.54, 1.807) is 25.1 Å². The zero-order valence-corrected chi connectivity index (χ0v) is 19.8. The number of hydrogen-bond acceptors (Lipinski definition) is 7. The lowest BCUT2D eigenvalue weighted by molar-refractivity contribution is -0.131. The third kappa shape index (κ3) is 10.3. The number of nitrogens with zero attached hydrogens (tertiary/aromatic N) is 3. The van der Waals surface area contributed by atoms with E-state index in [1.165, 1.54) is 24.3 Å². The summed E-state index contributed by atoms with van der Waals surface area (Å²) in [7, 11) is -2.06. The van der Waals surface area contributed by atoms with Crippen molar-refractivity contribution in [1.82, 2.24) is 20.6 Å². The second-order valence-corrected chi connectivity index (χ2v) is 9.28. The van der Waals surface area contributed by atoms with E-state index in [0.29, 0.717) is 22.5 Å². The highest BCUT2D eigenvalue weighted by molar-refractivity contribution is 7.98. The lowest BCUT2D eigenvalue weighted by Gasteiger charge is -2.06. The molecule has 0 aliphatic rings. The number of rotatable bonds is 8. The van der Waals surface area contributed by atoms with Gasteiger partial charge in [0.05, 0.1) is 16.9 Å². The number of nitrogens with one attached hydrogen (secondary N) is 3. The Kier molecular flexibility index (Phi) is 11.9. The Morgan fingerprint density at radius 2 is 2.09 bits per heavy atom. The van der Waals surface area contributed by atoms with Crippen LogP contribution in [0.4, 0.5) is 0 Å². The molecule has 0 unspecified atom stereocenters. The van der Waals surface area contributed by atoms with Crippen molar-refractivity contribution in [3.63, 3.8) is 0 Å². The first-order chi connectivity index (χ1) is 15.2. The third-order valence-electron chi connectivity index (χ3n) is 3.64. The lowest BCUT2D eigenvalue weighted by Crippen LogP contribution is -2.35. The predicted molar refractivity (Wildman–Crippen MR) is 125 cm³/mol. The van der Waals surface area contributed by atoms with E-state index in [9.17, 15) is 13.2 Å². The van der Waals surface area contributed by atoms with E-state index >= 15 is 0 Å². The highest BCUT2D eigenvalue weighted by Gasteiger charge is 2.10. The van der Waals surface area contributed by atoms with E-state index in [1.807, 2.05) is 13.1 Å². The Balaban J connectivity index is 0.000000323. The van der Waals surface area contributed by atoms with E-state index in [0.717, 1.165) is 29.4 Å². The molecule has 0 radical (unpaired) electrons. The van der Waals surface area contributed by atoms with Gasteiger partial charge in [0.15, 0.2) is 16.0 Å². The standard InChI is InChI=1S/C10H16N6S.C9H7ClO4S/c1-8-9(16-7-15-8)5-17-4-3-13-10(12-2)14-6-11;10-7-1-3-8(4-2-7)15(13,14)6-5-9(11)12/h7H,3-5H2,1-2H3,(H,15,16)(H2,12,13,14);1-6H,(H,11,12)/b;6-5+. The van der Waals surface area contributed by atoms with Gasteiger partial charge in [-0.2, -0.15) is 17.0 Å². The van der Waals surface area contributed by atoms with Crippen LogP contribution in [0, 0.1) is 18.4 Å². The minimum absolute atomic E-state index is 0.00407. The fraction of sp³-hybridized carbons (Fsp3) is 0.263. The summed E-state index contributed by atoms with van der Waals surface area (Å²) in [6.45, 7) is 2.77. The fourth-order valence-corrected chi connectivity index (χ4v) is 4.00. The minimum atomic E-state index is -3.69. The van der Waals surface area contributed by atoms with Crippen molar-refractivity contribution in [2.45, 2.75) is 17.6 Å². The molecule has 4 N–H and O–H groups in total. The molecule has 1 heterocycles. The Hall–Kier alpha value is -3.01. The minimum Gasteiger partial charge on any atom is -0.478 e. The fourth-order valence-electron chi connectivity index (χ4n) is 2.03. The molecule has 13 heteroatoms. The number of imidazole rings is 1. The summed E-state index contributed by atoms with van der Waals surface area (Å²) >= 11 is 7.37. The Bertz CT molecular complexity index is 1080. The Morgan fingerprint density at radius 1 is 1.41 bits per heavy atom. The van der Waals surface area contributed by atoms with Crippen molar-refractivity contribution in [2.24, 2.45) is 4.99 Å². The van der Waals surface area contributed by atoms with Crippen LogP contribution in [0.1, 0.15) is 11.4 Å². The molecule has 0 amide bonds. The van der Waals surface area contributed by atoms with Crippen molar-refractivity contribution >= 4 is 45.1 Å². The van der Waals surface area contributed by atoms with Crippen LogP contribution in [-0.4, -0.2) is 54.8 Å². The highest BCUT2D eigenvalue weighted by atomic mass is 35.5. The predicted octanol–water partition coefficient (Wildman–Crippen LogP) is 2.31. The van der Waals surface area contributed by atoms with Crippen molar-refractivity contribution < 1.29 is 18.3 Å². The van der Waals surface area contributed by atoms with Crippen LogP contribution in [0.15, 0.2) is 52.0 Å². The van der Waals surface area contributed by atoms with E-state index < -0.39 is 15.8 Å². The van der Waals surface area contributed by atoms with Gasteiger partial charge < -0.3 is 15.4 Å². The summed E-state index contributed by atoms with van der Waals surface area (Å²) in [4.78, 5) is 21.3. The molecule has 1 aromatic heterocycles. The number of carboxylic acid groups (broad SMARTS) is 1. The van der Waals surface area contributed by atoms with Crippen molar-refractivity contribution in [3.8, 4) is 6.19 Å². The van der Waals surface area contributed by atoms with E-state index in [2.05, 4.69) is 25.6 Å². The first kappa shape index (κ1) is 27.0. The molecule has 0 fully saturated rings. The maximum atomic E-state index is 11.5. The number of aliphatic imine (C=N–C) groups is 1. The number of nitriles is 1. The number of thioether (sulfide) groups is 1. The van der Waals surface area contributed by atoms with Crippen LogP contribution in [-0.2, 0) is 20.4 Å². The van der Waals surface area contributed by atoms with Gasteiger partial charge in [0.25, 0.3) is 0 Å². The maximum absolute atomic E-state index is 11.5. The Morgan fingerprint density at radius 3 is 2.62 bits per heavy atom. The monoisotopic (exact) mass is 498 g/mol. The number of aromatic nitrogens is 2. The topological polar surface area (TPSA) is 160 Å². The molecule has 0 aliphatic carbocycles. The van der Waals surface area contributed by atoms with Gasteiger partial charge in [-0.05, 0) is 31.2 Å². The second-order valence-electron chi connectivity index (χ2n) is 5.90. The number of sulfone groups is 1. The van der Waals surface area contributed by atoms with Crippen LogP contribution in [0.3, 0.4) is 0 Å². The number of aryl methyl sites for hydroxylation is 1. The summed E-state index contributed by atoms with van der Waals surface area (Å²) in [6.07, 6.45) is 4.11. The number of halogens is 1. The summed E-state index contributed by atoms with van der Waals surface area (Å²) in [5, 5.41) is 23.3. The molecule has 0 bridgehead atoms. The number of H-pyrrole nitrogens is 1. The van der Waals surface area contributed by atoms with Gasteiger partial charge in [0.2, 0.25) is 5.96 Å². The number of aromatic amines is 1. The van der Waals surface area contributed by atoms with Gasteiger partial charge in [0, 0.05) is 47.3 Å². The van der Waals surface area contributed by atoms with Crippen molar-refractivity contribution in [2.75, 3.05) is 19.3 Å². The van der Waals surface area contributed by atoms with Crippen LogP contribution >= 0.6 is 23.4 Å². The van der Waals surface area contributed by atoms with Gasteiger partial charge in [-0.25, -0.2) is 18.2 Å². The van der Waals surface area contributed by atoms with Crippen molar-refractivity contribution in [1.29, 1.82) is 5.26 Å². The molecule has 0 spiro atoms. The summed E-state index contributed by atoms with van der Waals surface area (Å²) in [5.41, 5.74) is 2.21. The smallest absolute Gasteiger partial charge is 0.329 e. The normalized spacial score (nSPS) is 11.4. The summed E-state index contributed by atoms with van der Waals surface area (Å²) < 4.78 is 22.9. The molecule has 10 nitrogen and oxygen atoms in total. The number of aliphatic carboxylic acids is 1. The molecule has 0 saturated heterocycles. The zero-order chi connectivity index (χ0) is 24.0. The zero-order valence-electron chi connectivity index (χ0n) is 17.4. The number of benzene rings is 1. The molecule has 2 rings (SSSR count). The van der Waals surface area contributed by atoms with Gasteiger partial charge in [0.1, 0.15) is 0 Å². The quantitative estimate of drug-likeness (QED) is 0.107. The third-order valence-corrected chi connectivity index (χ3v) is 6.29. The number of hydrogen-bond donors (Lipinski definition) is 4. The first-order valence-electron chi connectivity index (χ1n) is 9.03. The average Bonchev–Trinajstić information content (AvgIpc) is 3.17. The number of guanidine groups is 1. The van der Waals surface area contributed by atoms with E-state index in [4.69, 9.17) is 22.0 Å². The van der Waals surface area contributed by atoms with Crippen LogP contribution in [0.2, 0.25) is 5.02 Å². The Labute approximate surface area is 195 Å². The molecule has 0 saturated carbocycles. The molecular formula is C19H23ClN6O4S2. The van der Waals surface area contributed by atoms with Crippen LogP contribution in [0.25, 0.3) is 0 Å². The molecule has 1 aromatic carbocycles. The molecule has 0 atom stereocenters. The van der Waals surface area contributed by atoms with Gasteiger partial charge in [-0.3, -0.25) is 10.3 Å². The van der Waals surface area contributed by atoms with Crippen molar-refractivity contribution in [3.05, 3.63) is 58.5 Å².